The van der Waals surface area contributed by atoms with Gasteiger partial charge < -0.3 is 9.47 Å². The van der Waals surface area contributed by atoms with E-state index in [4.69, 9.17) is 0 Å². The molecule has 1 fully saturated rings. The average molecular weight is 352 g/mol. The van der Waals surface area contributed by atoms with Crippen molar-refractivity contribution in [1.82, 2.24) is 9.47 Å². The molecule has 0 spiro atoms. The van der Waals surface area contributed by atoms with Crippen LogP contribution in [0.3, 0.4) is 0 Å². The maximum absolute atomic E-state index is 13.0. The van der Waals surface area contributed by atoms with E-state index >= 15 is 0 Å². The van der Waals surface area contributed by atoms with E-state index in [0.29, 0.717) is 17.4 Å². The first-order valence-electron chi connectivity index (χ1n) is 9.41. The van der Waals surface area contributed by atoms with Gasteiger partial charge in [0, 0.05) is 30.0 Å². The van der Waals surface area contributed by atoms with Gasteiger partial charge in [-0.1, -0.05) is 44.2 Å². The van der Waals surface area contributed by atoms with E-state index in [1.807, 2.05) is 52.8 Å². The molecule has 4 heteroatoms. The summed E-state index contributed by atoms with van der Waals surface area (Å²) in [5, 5.41) is 0. The van der Waals surface area contributed by atoms with Crippen LogP contribution in [0.4, 0.5) is 0 Å². The third kappa shape index (κ3) is 3.74. The summed E-state index contributed by atoms with van der Waals surface area (Å²) in [6.07, 6.45) is 1.18. The van der Waals surface area contributed by atoms with Gasteiger partial charge in [0.25, 0.3) is 0 Å². The molecule has 1 aliphatic rings. The van der Waals surface area contributed by atoms with Crippen LogP contribution in [-0.2, 0) is 11.3 Å². The molecule has 3 rings (SSSR count). The van der Waals surface area contributed by atoms with Crippen molar-refractivity contribution >= 4 is 11.7 Å². The van der Waals surface area contributed by atoms with Crippen molar-refractivity contribution in [2.45, 2.75) is 40.7 Å². The number of amides is 1. The number of likely N-dealkylation sites (tertiary alicyclic amines) is 1. The quantitative estimate of drug-likeness (QED) is 0.775. The highest BCUT2D eigenvalue weighted by Gasteiger charge is 2.27. The third-order valence-electron chi connectivity index (χ3n) is 5.33. The molecule has 1 aliphatic heterocycles. The fourth-order valence-corrected chi connectivity index (χ4v) is 4.16. The Labute approximate surface area is 155 Å². The van der Waals surface area contributed by atoms with Crippen LogP contribution in [0.5, 0.6) is 0 Å². The molecule has 2 atom stereocenters. The van der Waals surface area contributed by atoms with Crippen LogP contribution in [0, 0.1) is 18.8 Å². The lowest BCUT2D eigenvalue weighted by Gasteiger charge is -2.35. The Morgan fingerprint density at radius 1 is 1.08 bits per heavy atom. The molecule has 0 radical (unpaired) electrons. The number of ketones is 1. The molecule has 0 saturated carbocycles. The summed E-state index contributed by atoms with van der Waals surface area (Å²) in [6, 6.07) is 11.9. The van der Waals surface area contributed by atoms with Gasteiger partial charge >= 0.3 is 0 Å². The molecule has 1 aromatic carbocycles. The number of Topliss-reactive ketones (excluding diaryl/α,β-unsaturated/α-hetero) is 1. The molecule has 0 aliphatic carbocycles. The van der Waals surface area contributed by atoms with Gasteiger partial charge in [-0.05, 0) is 43.7 Å². The second-order valence-electron chi connectivity index (χ2n) is 7.78. The minimum Gasteiger partial charge on any atom is -0.341 e. The van der Waals surface area contributed by atoms with Crippen LogP contribution in [0.1, 0.15) is 43.2 Å². The van der Waals surface area contributed by atoms with Crippen molar-refractivity contribution in [1.29, 1.82) is 0 Å². The number of carbonyl (C=O) groups is 2. The largest absolute Gasteiger partial charge is 0.341 e. The SMILES string of the molecule is CC(=O)c1cc(-c2ccccc2)n(CC(=O)N2C[C@H](C)C[C@H](C)C2)c1C. The molecule has 138 valence electrons. The summed E-state index contributed by atoms with van der Waals surface area (Å²) >= 11 is 0. The van der Waals surface area contributed by atoms with Crippen molar-refractivity contribution < 1.29 is 9.59 Å². The highest BCUT2D eigenvalue weighted by Crippen LogP contribution is 2.27. The van der Waals surface area contributed by atoms with Gasteiger partial charge in [0.05, 0.1) is 0 Å². The normalized spacial score (nSPS) is 20.2. The zero-order valence-electron chi connectivity index (χ0n) is 16.2. The van der Waals surface area contributed by atoms with Crippen molar-refractivity contribution in [3.05, 3.63) is 47.7 Å². The highest BCUT2D eigenvalue weighted by atomic mass is 16.2. The van der Waals surface area contributed by atoms with Crippen LogP contribution in [0.2, 0.25) is 0 Å². The second-order valence-corrected chi connectivity index (χ2v) is 7.78. The van der Waals surface area contributed by atoms with Gasteiger partial charge in [-0.15, -0.1) is 0 Å². The molecule has 1 aromatic heterocycles. The first-order chi connectivity index (χ1) is 12.4. The number of aromatic nitrogens is 1. The molecular weight excluding hydrogens is 324 g/mol. The van der Waals surface area contributed by atoms with E-state index in [1.54, 1.807) is 6.92 Å². The number of piperidine rings is 1. The van der Waals surface area contributed by atoms with E-state index in [0.717, 1.165) is 30.0 Å². The first-order valence-corrected chi connectivity index (χ1v) is 9.41. The zero-order valence-corrected chi connectivity index (χ0v) is 16.2. The van der Waals surface area contributed by atoms with Gasteiger partial charge in [0.15, 0.2) is 5.78 Å². The number of rotatable bonds is 4. The molecule has 0 N–H and O–H groups in total. The Morgan fingerprint density at radius 2 is 1.69 bits per heavy atom. The summed E-state index contributed by atoms with van der Waals surface area (Å²) in [7, 11) is 0. The Kier molecular flexibility index (Phi) is 5.30. The number of hydrogen-bond donors (Lipinski definition) is 0. The van der Waals surface area contributed by atoms with Crippen LogP contribution in [-0.4, -0.2) is 34.2 Å². The van der Waals surface area contributed by atoms with Crippen molar-refractivity contribution in [2.75, 3.05) is 13.1 Å². The van der Waals surface area contributed by atoms with Gasteiger partial charge in [-0.2, -0.15) is 0 Å². The predicted molar refractivity (Wildman–Crippen MR) is 104 cm³/mol. The monoisotopic (exact) mass is 352 g/mol. The summed E-state index contributed by atoms with van der Waals surface area (Å²) < 4.78 is 2.00. The standard InChI is InChI=1S/C22H28N2O2/c1-15-10-16(2)13-23(12-15)22(26)14-24-17(3)20(18(4)25)11-21(24)19-8-6-5-7-9-19/h5-9,11,15-16H,10,12-14H2,1-4H3/t15-,16+. The van der Waals surface area contributed by atoms with Gasteiger partial charge in [0.1, 0.15) is 6.54 Å². The Balaban J connectivity index is 1.93. The summed E-state index contributed by atoms with van der Waals surface area (Å²) in [5.41, 5.74) is 3.51. The Morgan fingerprint density at radius 3 is 2.27 bits per heavy atom. The van der Waals surface area contributed by atoms with Crippen LogP contribution >= 0.6 is 0 Å². The number of carbonyl (C=O) groups excluding carboxylic acids is 2. The van der Waals surface area contributed by atoms with Gasteiger partial charge in [0.2, 0.25) is 5.91 Å². The summed E-state index contributed by atoms with van der Waals surface area (Å²) in [4.78, 5) is 27.0. The van der Waals surface area contributed by atoms with Crippen LogP contribution in [0.15, 0.2) is 36.4 Å². The predicted octanol–water partition coefficient (Wildman–Crippen LogP) is 4.17. The van der Waals surface area contributed by atoms with E-state index in [9.17, 15) is 9.59 Å². The molecule has 0 bridgehead atoms. The van der Waals surface area contributed by atoms with E-state index in [2.05, 4.69) is 13.8 Å². The number of benzene rings is 1. The topological polar surface area (TPSA) is 42.3 Å². The van der Waals surface area contributed by atoms with Crippen LogP contribution < -0.4 is 0 Å². The van der Waals surface area contributed by atoms with E-state index in [-0.39, 0.29) is 18.2 Å². The first kappa shape index (κ1) is 18.4. The lowest BCUT2D eigenvalue weighted by molar-refractivity contribution is -0.134. The smallest absolute Gasteiger partial charge is 0.242 e. The summed E-state index contributed by atoms with van der Waals surface area (Å²) in [6.45, 7) is 9.85. The number of nitrogens with zero attached hydrogens (tertiary/aromatic N) is 2. The fraction of sp³-hybridized carbons (Fsp3) is 0.455. The molecule has 2 heterocycles. The van der Waals surface area contributed by atoms with E-state index in [1.165, 1.54) is 6.42 Å². The zero-order chi connectivity index (χ0) is 18.8. The molecule has 26 heavy (non-hydrogen) atoms. The highest BCUT2D eigenvalue weighted by molar-refractivity contribution is 5.97. The second kappa shape index (κ2) is 7.48. The van der Waals surface area contributed by atoms with Gasteiger partial charge in [-0.25, -0.2) is 0 Å². The Bertz CT molecular complexity index is 797. The van der Waals surface area contributed by atoms with Crippen molar-refractivity contribution in [3.8, 4) is 11.3 Å². The maximum atomic E-state index is 13.0. The fourth-order valence-electron chi connectivity index (χ4n) is 4.16. The van der Waals surface area contributed by atoms with Gasteiger partial charge in [-0.3, -0.25) is 9.59 Å². The molecule has 2 aromatic rings. The molecule has 0 unspecified atom stereocenters. The molecule has 1 saturated heterocycles. The number of hydrogen-bond acceptors (Lipinski definition) is 2. The minimum absolute atomic E-state index is 0.0334. The van der Waals surface area contributed by atoms with E-state index < -0.39 is 0 Å². The minimum atomic E-state index is 0.0334. The Hall–Kier alpha value is -2.36. The maximum Gasteiger partial charge on any atom is 0.242 e. The molecule has 1 amide bonds. The molecular formula is C22H28N2O2. The molecule has 4 nitrogen and oxygen atoms in total. The lowest BCUT2D eigenvalue weighted by Crippen LogP contribution is -2.44. The third-order valence-corrected chi connectivity index (χ3v) is 5.33. The lowest BCUT2D eigenvalue weighted by atomic mass is 9.92. The summed E-state index contributed by atoms with van der Waals surface area (Å²) in [5.74, 6) is 1.24. The van der Waals surface area contributed by atoms with Crippen molar-refractivity contribution in [3.63, 3.8) is 0 Å². The average Bonchev–Trinajstić information content (AvgIpc) is 2.92. The van der Waals surface area contributed by atoms with Crippen molar-refractivity contribution in [2.24, 2.45) is 11.8 Å². The van der Waals surface area contributed by atoms with Crippen LogP contribution in [0.25, 0.3) is 11.3 Å².